The highest BCUT2D eigenvalue weighted by Gasteiger charge is 2.14. The Bertz CT molecular complexity index is 321. The molecule has 17 heavy (non-hydrogen) atoms. The molecule has 3 heteroatoms. The first kappa shape index (κ1) is 14.7. The maximum absolute atomic E-state index is 5.68. The molecule has 0 aliphatic carbocycles. The van der Waals surface area contributed by atoms with Crippen molar-refractivity contribution in [2.45, 2.75) is 33.3 Å². The van der Waals surface area contributed by atoms with Gasteiger partial charge in [-0.05, 0) is 42.5 Å². The first-order valence-electron chi connectivity index (χ1n) is 6.06. The molecule has 0 radical (unpaired) electrons. The molecule has 0 bridgehead atoms. The molecule has 0 unspecified atom stereocenters. The van der Waals surface area contributed by atoms with E-state index < -0.39 is 0 Å². The molecule has 0 fully saturated rings. The van der Waals surface area contributed by atoms with E-state index in [4.69, 9.17) is 10.5 Å². The van der Waals surface area contributed by atoms with Gasteiger partial charge in [-0.3, -0.25) is 0 Å². The van der Waals surface area contributed by atoms with Crippen molar-refractivity contribution in [2.75, 3.05) is 13.2 Å². The Morgan fingerprint density at radius 2 is 1.88 bits per heavy atom. The van der Waals surface area contributed by atoms with Crippen molar-refractivity contribution in [3.8, 4) is 0 Å². The van der Waals surface area contributed by atoms with Gasteiger partial charge in [-0.25, -0.2) is 0 Å². The summed E-state index contributed by atoms with van der Waals surface area (Å²) in [5.41, 5.74) is 7.13. The van der Waals surface area contributed by atoms with E-state index in [1.807, 2.05) is 12.1 Å². The number of halogens is 1. The van der Waals surface area contributed by atoms with Crippen LogP contribution >= 0.6 is 15.9 Å². The van der Waals surface area contributed by atoms with Crippen LogP contribution in [0.1, 0.15) is 32.3 Å². The topological polar surface area (TPSA) is 35.2 Å². The van der Waals surface area contributed by atoms with Crippen LogP contribution in [0.15, 0.2) is 28.7 Å². The van der Waals surface area contributed by atoms with Gasteiger partial charge in [-0.2, -0.15) is 0 Å². The number of nitrogens with two attached hydrogens (primary N) is 1. The monoisotopic (exact) mass is 299 g/mol. The average molecular weight is 300 g/mol. The standard InChI is InChI=1S/C14H22BrNO/c1-14(2,11-16)8-3-9-17-10-12-4-6-13(15)7-5-12/h4-7H,3,8-11,16H2,1-2H3. The third-order valence-electron chi connectivity index (χ3n) is 2.88. The van der Waals surface area contributed by atoms with Crippen LogP contribution in [0.3, 0.4) is 0 Å². The third-order valence-corrected chi connectivity index (χ3v) is 3.41. The van der Waals surface area contributed by atoms with Crippen LogP contribution in [0.4, 0.5) is 0 Å². The van der Waals surface area contributed by atoms with Gasteiger partial charge in [-0.15, -0.1) is 0 Å². The zero-order valence-electron chi connectivity index (χ0n) is 10.7. The largest absolute Gasteiger partial charge is 0.377 e. The molecule has 0 amide bonds. The van der Waals surface area contributed by atoms with Crippen LogP contribution in [-0.4, -0.2) is 13.2 Å². The van der Waals surface area contributed by atoms with Crippen molar-refractivity contribution < 1.29 is 4.74 Å². The lowest BCUT2D eigenvalue weighted by atomic mass is 9.88. The van der Waals surface area contributed by atoms with E-state index in [9.17, 15) is 0 Å². The molecule has 0 atom stereocenters. The fourth-order valence-corrected chi connectivity index (χ4v) is 1.79. The predicted octanol–water partition coefficient (Wildman–Crippen LogP) is 3.73. The van der Waals surface area contributed by atoms with Crippen LogP contribution in [-0.2, 0) is 11.3 Å². The Morgan fingerprint density at radius 1 is 1.24 bits per heavy atom. The van der Waals surface area contributed by atoms with Crippen LogP contribution in [0.25, 0.3) is 0 Å². The van der Waals surface area contributed by atoms with Crippen molar-refractivity contribution in [3.63, 3.8) is 0 Å². The summed E-state index contributed by atoms with van der Waals surface area (Å²) in [7, 11) is 0. The van der Waals surface area contributed by atoms with Crippen LogP contribution in [0, 0.1) is 5.41 Å². The third kappa shape index (κ3) is 6.20. The summed E-state index contributed by atoms with van der Waals surface area (Å²) in [6.07, 6.45) is 2.19. The minimum atomic E-state index is 0.237. The molecule has 1 rings (SSSR count). The van der Waals surface area contributed by atoms with Crippen molar-refractivity contribution in [1.82, 2.24) is 0 Å². The summed E-state index contributed by atoms with van der Waals surface area (Å²) >= 11 is 3.42. The summed E-state index contributed by atoms with van der Waals surface area (Å²) < 4.78 is 6.75. The normalized spacial score (nSPS) is 11.8. The van der Waals surface area contributed by atoms with E-state index >= 15 is 0 Å². The second kappa shape index (κ2) is 7.14. The Kier molecular flexibility index (Phi) is 6.17. The summed E-state index contributed by atoms with van der Waals surface area (Å²) in [6, 6.07) is 8.23. The van der Waals surface area contributed by atoms with Crippen molar-refractivity contribution >= 4 is 15.9 Å². The number of rotatable bonds is 7. The summed E-state index contributed by atoms with van der Waals surface area (Å²) in [4.78, 5) is 0. The predicted molar refractivity (Wildman–Crippen MR) is 75.9 cm³/mol. The number of ether oxygens (including phenoxy) is 1. The van der Waals surface area contributed by atoms with Crippen molar-refractivity contribution in [1.29, 1.82) is 0 Å². The first-order chi connectivity index (χ1) is 8.03. The summed E-state index contributed by atoms with van der Waals surface area (Å²) in [5.74, 6) is 0. The van der Waals surface area contributed by atoms with E-state index in [0.29, 0.717) is 6.61 Å². The molecule has 0 spiro atoms. The smallest absolute Gasteiger partial charge is 0.0716 e. The van der Waals surface area contributed by atoms with Gasteiger partial charge in [0.15, 0.2) is 0 Å². The van der Waals surface area contributed by atoms with Crippen molar-refractivity contribution in [3.05, 3.63) is 34.3 Å². The van der Waals surface area contributed by atoms with E-state index in [1.165, 1.54) is 5.56 Å². The van der Waals surface area contributed by atoms with E-state index in [0.717, 1.165) is 30.5 Å². The molecule has 1 aromatic rings. The second-order valence-corrected chi connectivity index (χ2v) is 6.07. The average Bonchev–Trinajstić information content (AvgIpc) is 2.31. The lowest BCUT2D eigenvalue weighted by Gasteiger charge is -2.21. The molecule has 96 valence electrons. The van der Waals surface area contributed by atoms with Gasteiger partial charge >= 0.3 is 0 Å². The maximum Gasteiger partial charge on any atom is 0.0716 e. The molecule has 0 aliphatic rings. The zero-order valence-corrected chi connectivity index (χ0v) is 12.3. The number of hydrogen-bond acceptors (Lipinski definition) is 2. The fourth-order valence-electron chi connectivity index (χ4n) is 1.53. The molecular formula is C14H22BrNO. The number of benzene rings is 1. The van der Waals surface area contributed by atoms with Gasteiger partial charge in [0.05, 0.1) is 6.61 Å². The van der Waals surface area contributed by atoms with Crippen LogP contribution < -0.4 is 5.73 Å². The zero-order chi connectivity index (χ0) is 12.7. The second-order valence-electron chi connectivity index (χ2n) is 5.15. The minimum absolute atomic E-state index is 0.237. The van der Waals surface area contributed by atoms with Gasteiger partial charge in [-0.1, -0.05) is 41.9 Å². The maximum atomic E-state index is 5.68. The number of hydrogen-bond donors (Lipinski definition) is 1. The Labute approximate surface area is 113 Å². The molecule has 0 aromatic heterocycles. The summed E-state index contributed by atoms with van der Waals surface area (Å²) in [6.45, 7) is 6.62. The molecule has 1 aromatic carbocycles. The first-order valence-corrected chi connectivity index (χ1v) is 6.85. The fraction of sp³-hybridized carbons (Fsp3) is 0.571. The van der Waals surface area contributed by atoms with Gasteiger partial charge < -0.3 is 10.5 Å². The SMILES string of the molecule is CC(C)(CN)CCCOCc1ccc(Br)cc1. The molecular weight excluding hydrogens is 278 g/mol. The Balaban J connectivity index is 2.14. The highest BCUT2D eigenvalue weighted by Crippen LogP contribution is 2.20. The van der Waals surface area contributed by atoms with Crippen molar-refractivity contribution in [2.24, 2.45) is 11.1 Å². The molecule has 0 heterocycles. The lowest BCUT2D eigenvalue weighted by Crippen LogP contribution is -2.23. The lowest BCUT2D eigenvalue weighted by molar-refractivity contribution is 0.109. The van der Waals surface area contributed by atoms with E-state index in [-0.39, 0.29) is 5.41 Å². The van der Waals surface area contributed by atoms with E-state index in [1.54, 1.807) is 0 Å². The van der Waals surface area contributed by atoms with Gasteiger partial charge in [0.25, 0.3) is 0 Å². The highest BCUT2D eigenvalue weighted by atomic mass is 79.9. The molecule has 0 saturated carbocycles. The van der Waals surface area contributed by atoms with Crippen LogP contribution in [0.5, 0.6) is 0 Å². The molecule has 2 N–H and O–H groups in total. The Morgan fingerprint density at radius 3 is 2.47 bits per heavy atom. The molecule has 0 aliphatic heterocycles. The highest BCUT2D eigenvalue weighted by molar-refractivity contribution is 9.10. The van der Waals surface area contributed by atoms with Gasteiger partial charge in [0, 0.05) is 11.1 Å². The Hall–Kier alpha value is -0.380. The van der Waals surface area contributed by atoms with E-state index in [2.05, 4.69) is 41.9 Å². The van der Waals surface area contributed by atoms with Crippen LogP contribution in [0.2, 0.25) is 0 Å². The molecule has 0 saturated heterocycles. The van der Waals surface area contributed by atoms with Gasteiger partial charge in [0.2, 0.25) is 0 Å². The quantitative estimate of drug-likeness (QED) is 0.779. The minimum Gasteiger partial charge on any atom is -0.377 e. The summed E-state index contributed by atoms with van der Waals surface area (Å²) in [5, 5.41) is 0. The molecule has 2 nitrogen and oxygen atoms in total. The van der Waals surface area contributed by atoms with Gasteiger partial charge in [0.1, 0.15) is 0 Å².